The summed E-state index contributed by atoms with van der Waals surface area (Å²) < 4.78 is 6.23. The fourth-order valence-electron chi connectivity index (χ4n) is 3.12. The molecule has 0 saturated carbocycles. The van der Waals surface area contributed by atoms with Gasteiger partial charge in [0.2, 0.25) is 0 Å². The first-order chi connectivity index (χ1) is 14.7. The highest BCUT2D eigenvalue weighted by molar-refractivity contribution is 7.16. The van der Waals surface area contributed by atoms with Gasteiger partial charge < -0.3 is 9.64 Å². The molecule has 1 heterocycles. The number of nitrogens with zero attached hydrogens (tertiary/aromatic N) is 2. The monoisotopic (exact) mass is 416 g/mol. The molecule has 0 unspecified atom stereocenters. The van der Waals surface area contributed by atoms with Crippen molar-refractivity contribution < 1.29 is 14.3 Å². The molecule has 0 aliphatic heterocycles. The average Bonchev–Trinajstić information content (AvgIpc) is 3.26. The summed E-state index contributed by atoms with van der Waals surface area (Å²) >= 11 is 1.46. The lowest BCUT2D eigenvalue weighted by atomic mass is 10.1. The molecule has 5 nitrogen and oxygen atoms in total. The number of aromatic nitrogens is 1. The van der Waals surface area contributed by atoms with Crippen molar-refractivity contribution in [2.75, 3.05) is 6.61 Å². The smallest absolute Gasteiger partial charge is 0.338 e. The van der Waals surface area contributed by atoms with E-state index in [0.717, 1.165) is 21.3 Å². The molecule has 3 aromatic carbocycles. The fraction of sp³-hybridized carbons (Fsp3) is 0.125. The van der Waals surface area contributed by atoms with Crippen molar-refractivity contribution in [1.29, 1.82) is 0 Å². The topological polar surface area (TPSA) is 59.5 Å². The summed E-state index contributed by atoms with van der Waals surface area (Å²) in [5.41, 5.74) is 5.02. The number of hydrogen-bond acceptors (Lipinski definition) is 5. The third-order valence-corrected chi connectivity index (χ3v) is 5.47. The van der Waals surface area contributed by atoms with Gasteiger partial charge in [0.05, 0.1) is 21.3 Å². The highest BCUT2D eigenvalue weighted by Crippen LogP contribution is 2.19. The first-order valence-corrected chi connectivity index (χ1v) is 10.4. The van der Waals surface area contributed by atoms with E-state index in [9.17, 15) is 9.59 Å². The van der Waals surface area contributed by atoms with Gasteiger partial charge in [0, 0.05) is 13.1 Å². The van der Waals surface area contributed by atoms with Crippen molar-refractivity contribution in [3.05, 3.63) is 101 Å². The number of ether oxygens (including phenoxy) is 1. The van der Waals surface area contributed by atoms with Crippen molar-refractivity contribution in [2.24, 2.45) is 0 Å². The van der Waals surface area contributed by atoms with Gasteiger partial charge in [-0.25, -0.2) is 9.78 Å². The molecule has 1 amide bonds. The molecule has 0 atom stereocenters. The lowest BCUT2D eigenvalue weighted by Gasteiger charge is -2.23. The van der Waals surface area contributed by atoms with Crippen LogP contribution in [-0.4, -0.2) is 28.4 Å². The van der Waals surface area contributed by atoms with Gasteiger partial charge in [-0.2, -0.15) is 0 Å². The van der Waals surface area contributed by atoms with Crippen molar-refractivity contribution in [1.82, 2.24) is 9.88 Å². The minimum Gasteiger partial charge on any atom is -0.452 e. The Bertz CT molecular complexity index is 1100. The van der Waals surface area contributed by atoms with Gasteiger partial charge in [-0.15, -0.1) is 11.3 Å². The van der Waals surface area contributed by atoms with Crippen LogP contribution >= 0.6 is 11.3 Å². The van der Waals surface area contributed by atoms with E-state index in [-0.39, 0.29) is 12.5 Å². The van der Waals surface area contributed by atoms with E-state index >= 15 is 0 Å². The third kappa shape index (κ3) is 4.90. The van der Waals surface area contributed by atoms with Gasteiger partial charge in [-0.05, 0) is 29.3 Å². The molecule has 0 aliphatic rings. The number of esters is 1. The van der Waals surface area contributed by atoms with Gasteiger partial charge in [0.15, 0.2) is 6.61 Å². The zero-order valence-corrected chi connectivity index (χ0v) is 17.0. The van der Waals surface area contributed by atoms with E-state index in [1.165, 1.54) is 11.3 Å². The Morgan fingerprint density at radius 3 is 2.13 bits per heavy atom. The lowest BCUT2D eigenvalue weighted by Crippen LogP contribution is -2.33. The van der Waals surface area contributed by atoms with E-state index in [2.05, 4.69) is 4.98 Å². The van der Waals surface area contributed by atoms with E-state index in [1.54, 1.807) is 28.6 Å². The van der Waals surface area contributed by atoms with Crippen LogP contribution in [0.1, 0.15) is 21.5 Å². The quantitative estimate of drug-likeness (QED) is 0.411. The maximum absolute atomic E-state index is 12.9. The second-order valence-electron chi connectivity index (χ2n) is 6.83. The molecule has 150 valence electrons. The van der Waals surface area contributed by atoms with E-state index in [1.807, 2.05) is 60.7 Å². The van der Waals surface area contributed by atoms with Crippen LogP contribution in [0.4, 0.5) is 0 Å². The molecule has 0 bridgehead atoms. The van der Waals surface area contributed by atoms with Crippen molar-refractivity contribution in [2.45, 2.75) is 13.1 Å². The van der Waals surface area contributed by atoms with Crippen molar-refractivity contribution in [3.8, 4) is 0 Å². The number of thiazole rings is 1. The van der Waals surface area contributed by atoms with E-state index in [0.29, 0.717) is 18.7 Å². The van der Waals surface area contributed by atoms with Gasteiger partial charge in [-0.3, -0.25) is 4.79 Å². The molecular weight excluding hydrogens is 396 g/mol. The molecule has 0 aliphatic carbocycles. The number of hydrogen-bond donors (Lipinski definition) is 0. The summed E-state index contributed by atoms with van der Waals surface area (Å²) in [6, 6.07) is 24.7. The second-order valence-corrected chi connectivity index (χ2v) is 7.72. The Labute approximate surface area is 178 Å². The third-order valence-electron chi connectivity index (χ3n) is 4.68. The summed E-state index contributed by atoms with van der Waals surface area (Å²) in [4.78, 5) is 31.2. The highest BCUT2D eigenvalue weighted by Gasteiger charge is 2.18. The lowest BCUT2D eigenvalue weighted by molar-refractivity contribution is -0.135. The van der Waals surface area contributed by atoms with Gasteiger partial charge >= 0.3 is 5.97 Å². The molecule has 1 aromatic heterocycles. The average molecular weight is 417 g/mol. The molecule has 0 spiro atoms. The number of benzene rings is 3. The Hall–Kier alpha value is -3.51. The normalized spacial score (nSPS) is 10.7. The molecule has 4 rings (SSSR count). The predicted octanol–water partition coefficient (Wildman–Crippen LogP) is 4.68. The molecule has 30 heavy (non-hydrogen) atoms. The standard InChI is InChI=1S/C24H20N2O3S/c27-23(16-29-24(28)20-11-12-21-22(13-20)30-17-25-21)26(14-18-7-3-1-4-8-18)15-19-9-5-2-6-10-19/h1-13,17H,14-16H2. The minimum atomic E-state index is -0.516. The van der Waals surface area contributed by atoms with Crippen LogP contribution in [0, 0.1) is 0 Å². The fourth-order valence-corrected chi connectivity index (χ4v) is 3.84. The number of carbonyl (C=O) groups is 2. The van der Waals surface area contributed by atoms with Crippen molar-refractivity contribution in [3.63, 3.8) is 0 Å². The minimum absolute atomic E-state index is 0.241. The van der Waals surface area contributed by atoms with Crippen molar-refractivity contribution >= 4 is 33.4 Å². The Morgan fingerprint density at radius 1 is 0.867 bits per heavy atom. The molecule has 0 N–H and O–H groups in total. The molecule has 6 heteroatoms. The van der Waals surface area contributed by atoms with Gasteiger partial charge in [0.25, 0.3) is 5.91 Å². The van der Waals surface area contributed by atoms with E-state index in [4.69, 9.17) is 4.74 Å². The highest BCUT2D eigenvalue weighted by atomic mass is 32.1. The summed E-state index contributed by atoms with van der Waals surface area (Å²) in [6.07, 6.45) is 0. The zero-order valence-electron chi connectivity index (χ0n) is 16.2. The molecule has 0 radical (unpaired) electrons. The predicted molar refractivity (Wildman–Crippen MR) is 117 cm³/mol. The molecular formula is C24H20N2O3S. The zero-order chi connectivity index (χ0) is 20.8. The second kappa shape index (κ2) is 9.33. The van der Waals surface area contributed by atoms with E-state index < -0.39 is 5.97 Å². The van der Waals surface area contributed by atoms with Crippen LogP contribution in [0.25, 0.3) is 10.2 Å². The molecule has 0 saturated heterocycles. The summed E-state index contributed by atoms with van der Waals surface area (Å²) in [5, 5.41) is 0. The van der Waals surface area contributed by atoms with Gasteiger partial charge in [0.1, 0.15) is 0 Å². The molecule has 0 fully saturated rings. The van der Waals surface area contributed by atoms with Crippen LogP contribution < -0.4 is 0 Å². The largest absolute Gasteiger partial charge is 0.452 e. The number of rotatable bonds is 7. The Balaban J connectivity index is 1.44. The number of fused-ring (bicyclic) bond motifs is 1. The van der Waals surface area contributed by atoms with Gasteiger partial charge in [-0.1, -0.05) is 60.7 Å². The van der Waals surface area contributed by atoms with Crippen LogP contribution in [0.3, 0.4) is 0 Å². The summed E-state index contributed by atoms with van der Waals surface area (Å²) in [5.74, 6) is -0.757. The van der Waals surface area contributed by atoms with Crippen LogP contribution in [0.5, 0.6) is 0 Å². The number of amides is 1. The first kappa shape index (κ1) is 19.8. The SMILES string of the molecule is O=C(OCC(=O)N(Cc1ccccc1)Cc1ccccc1)c1ccc2ncsc2c1. The Morgan fingerprint density at radius 2 is 1.50 bits per heavy atom. The number of carbonyl (C=O) groups excluding carboxylic acids is 2. The maximum Gasteiger partial charge on any atom is 0.338 e. The maximum atomic E-state index is 12.9. The van der Waals surface area contributed by atoms with Crippen LogP contribution in [-0.2, 0) is 22.6 Å². The summed E-state index contributed by atoms with van der Waals surface area (Å²) in [7, 11) is 0. The van der Waals surface area contributed by atoms with Crippen LogP contribution in [0.2, 0.25) is 0 Å². The summed E-state index contributed by atoms with van der Waals surface area (Å²) in [6.45, 7) is 0.580. The van der Waals surface area contributed by atoms with Crippen LogP contribution in [0.15, 0.2) is 84.4 Å². The molecule has 4 aromatic rings. The Kier molecular flexibility index (Phi) is 6.15. The first-order valence-electron chi connectivity index (χ1n) is 9.55.